The third-order valence-electron chi connectivity index (χ3n) is 3.41. The lowest BCUT2D eigenvalue weighted by atomic mass is 9.82. The molecule has 0 aliphatic heterocycles. The highest BCUT2D eigenvalue weighted by molar-refractivity contribution is 6.33. The average Bonchev–Trinajstić information content (AvgIpc) is 2.35. The lowest BCUT2D eigenvalue weighted by Crippen LogP contribution is -2.39. The normalized spacial score (nSPS) is 21.7. The Hall–Kier alpha value is -1.33. The fourth-order valence-corrected chi connectivity index (χ4v) is 2.54. The summed E-state index contributed by atoms with van der Waals surface area (Å²) in [5.41, 5.74) is 0.478. The van der Waals surface area contributed by atoms with Crippen molar-refractivity contribution in [1.29, 1.82) is 0 Å². The molecular formula is C13H18ClN3O2. The summed E-state index contributed by atoms with van der Waals surface area (Å²) in [5.74, 6) is 0.852. The average molecular weight is 284 g/mol. The van der Waals surface area contributed by atoms with Crippen LogP contribution in [-0.4, -0.2) is 47.6 Å². The molecule has 104 valence electrons. The molecule has 1 aliphatic rings. The van der Waals surface area contributed by atoms with Gasteiger partial charge in [-0.15, -0.1) is 0 Å². The minimum Gasteiger partial charge on any atom is -0.393 e. The molecule has 0 saturated heterocycles. The van der Waals surface area contributed by atoms with Gasteiger partial charge in [0, 0.05) is 26.8 Å². The lowest BCUT2D eigenvalue weighted by molar-refractivity contribution is 0.0265. The molecule has 0 aromatic carbocycles. The zero-order valence-corrected chi connectivity index (χ0v) is 11.8. The summed E-state index contributed by atoms with van der Waals surface area (Å²) in [4.78, 5) is 17.9. The van der Waals surface area contributed by atoms with E-state index >= 15 is 0 Å². The fourth-order valence-electron chi connectivity index (χ4n) is 2.28. The predicted octanol–water partition coefficient (Wildman–Crippen LogP) is 1.62. The van der Waals surface area contributed by atoms with Crippen molar-refractivity contribution in [3.63, 3.8) is 0 Å². The molecule has 1 fully saturated rings. The van der Waals surface area contributed by atoms with Crippen molar-refractivity contribution < 1.29 is 9.90 Å². The van der Waals surface area contributed by atoms with Gasteiger partial charge < -0.3 is 15.3 Å². The van der Waals surface area contributed by atoms with Crippen LogP contribution in [0.5, 0.6) is 0 Å². The molecule has 5 nitrogen and oxygen atoms in total. The van der Waals surface area contributed by atoms with Crippen molar-refractivity contribution in [2.24, 2.45) is 5.92 Å². The highest BCUT2D eigenvalue weighted by Crippen LogP contribution is 2.28. The highest BCUT2D eigenvalue weighted by atomic mass is 35.5. The van der Waals surface area contributed by atoms with Crippen LogP contribution in [0.15, 0.2) is 12.3 Å². The van der Waals surface area contributed by atoms with Gasteiger partial charge in [0.05, 0.1) is 16.7 Å². The summed E-state index contributed by atoms with van der Waals surface area (Å²) < 4.78 is 0. The van der Waals surface area contributed by atoms with Crippen LogP contribution >= 0.6 is 11.6 Å². The quantitative estimate of drug-likeness (QED) is 0.881. The maximum atomic E-state index is 12.2. The Morgan fingerprint density at radius 2 is 2.32 bits per heavy atom. The molecule has 0 spiro atoms. The van der Waals surface area contributed by atoms with Crippen LogP contribution in [0.25, 0.3) is 0 Å². The molecule has 1 saturated carbocycles. The molecule has 0 atom stereocenters. The number of carbonyl (C=O) groups excluding carboxylic acids is 1. The minimum atomic E-state index is -0.195. The van der Waals surface area contributed by atoms with Gasteiger partial charge in [-0.1, -0.05) is 11.6 Å². The maximum Gasteiger partial charge on any atom is 0.255 e. The van der Waals surface area contributed by atoms with E-state index in [1.165, 1.54) is 6.20 Å². The summed E-state index contributed by atoms with van der Waals surface area (Å²) in [6, 6.07) is 1.62. The van der Waals surface area contributed by atoms with Gasteiger partial charge >= 0.3 is 0 Å². The Labute approximate surface area is 117 Å². The second-order valence-corrected chi connectivity index (χ2v) is 5.39. The largest absolute Gasteiger partial charge is 0.393 e. The Morgan fingerprint density at radius 3 is 2.84 bits per heavy atom. The first-order valence-corrected chi connectivity index (χ1v) is 6.66. The second-order valence-electron chi connectivity index (χ2n) is 4.98. The molecule has 6 heteroatoms. The van der Waals surface area contributed by atoms with Crippen LogP contribution in [0, 0.1) is 5.92 Å². The molecule has 1 aromatic rings. The summed E-state index contributed by atoms with van der Waals surface area (Å²) in [7, 11) is 3.48. The van der Waals surface area contributed by atoms with E-state index in [1.807, 2.05) is 0 Å². The minimum absolute atomic E-state index is 0.0987. The molecule has 1 amide bonds. The first-order valence-electron chi connectivity index (χ1n) is 6.28. The number of halogens is 1. The highest BCUT2D eigenvalue weighted by Gasteiger charge is 2.29. The van der Waals surface area contributed by atoms with Crippen LogP contribution < -0.4 is 5.32 Å². The van der Waals surface area contributed by atoms with Crippen LogP contribution in [-0.2, 0) is 0 Å². The summed E-state index contributed by atoms with van der Waals surface area (Å²) in [6.45, 7) is 0.654. The van der Waals surface area contributed by atoms with E-state index in [0.29, 0.717) is 28.9 Å². The number of hydrogen-bond acceptors (Lipinski definition) is 4. The summed E-state index contributed by atoms with van der Waals surface area (Å²) in [5, 5.41) is 12.5. The molecule has 1 aliphatic carbocycles. The third-order valence-corrected chi connectivity index (χ3v) is 3.70. The number of aliphatic hydroxyl groups excluding tert-OH is 1. The number of anilines is 1. The number of nitrogens with zero attached hydrogens (tertiary/aromatic N) is 2. The van der Waals surface area contributed by atoms with Crippen molar-refractivity contribution in [2.45, 2.75) is 18.9 Å². The molecule has 1 aromatic heterocycles. The second kappa shape index (κ2) is 5.75. The summed E-state index contributed by atoms with van der Waals surface area (Å²) in [6.07, 6.45) is 2.87. The van der Waals surface area contributed by atoms with Crippen molar-refractivity contribution in [2.75, 3.05) is 26.0 Å². The first kappa shape index (κ1) is 14.1. The molecule has 19 heavy (non-hydrogen) atoms. The van der Waals surface area contributed by atoms with Crippen LogP contribution in [0.4, 0.5) is 5.82 Å². The van der Waals surface area contributed by atoms with E-state index < -0.39 is 0 Å². The van der Waals surface area contributed by atoms with Crippen LogP contribution in [0.3, 0.4) is 0 Å². The number of rotatable bonds is 4. The van der Waals surface area contributed by atoms with Crippen molar-refractivity contribution in [3.8, 4) is 0 Å². The van der Waals surface area contributed by atoms with Crippen LogP contribution in [0.1, 0.15) is 23.2 Å². The molecular weight excluding hydrogens is 266 g/mol. The topological polar surface area (TPSA) is 65.5 Å². The Balaban J connectivity index is 2.00. The lowest BCUT2D eigenvalue weighted by Gasteiger charge is -2.34. The van der Waals surface area contributed by atoms with E-state index in [1.54, 1.807) is 25.1 Å². The van der Waals surface area contributed by atoms with Gasteiger partial charge in [-0.05, 0) is 24.8 Å². The fraction of sp³-hybridized carbons (Fsp3) is 0.538. The molecule has 2 N–H and O–H groups in total. The number of carbonyl (C=O) groups is 1. The van der Waals surface area contributed by atoms with E-state index in [2.05, 4.69) is 10.3 Å². The Bertz CT molecular complexity index is 475. The Morgan fingerprint density at radius 1 is 1.63 bits per heavy atom. The van der Waals surface area contributed by atoms with Gasteiger partial charge in [-0.2, -0.15) is 0 Å². The molecule has 0 unspecified atom stereocenters. The zero-order chi connectivity index (χ0) is 14.0. The number of pyridine rings is 1. The first-order chi connectivity index (χ1) is 9.01. The van der Waals surface area contributed by atoms with Gasteiger partial charge in [0.15, 0.2) is 0 Å². The van der Waals surface area contributed by atoms with Gasteiger partial charge in [0.25, 0.3) is 5.91 Å². The molecule has 1 heterocycles. The monoisotopic (exact) mass is 283 g/mol. The summed E-state index contributed by atoms with van der Waals surface area (Å²) >= 11 is 6.01. The van der Waals surface area contributed by atoms with E-state index in [4.69, 9.17) is 11.6 Å². The predicted molar refractivity (Wildman–Crippen MR) is 74.5 cm³/mol. The number of hydrogen-bond donors (Lipinski definition) is 2. The SMILES string of the molecule is CNc1ncc(C(=O)N(C)CC2CC(O)C2)cc1Cl. The number of amides is 1. The molecule has 0 bridgehead atoms. The number of aromatic nitrogens is 1. The van der Waals surface area contributed by atoms with Gasteiger partial charge in [0.1, 0.15) is 5.82 Å². The van der Waals surface area contributed by atoms with Crippen LogP contribution in [0.2, 0.25) is 5.02 Å². The van der Waals surface area contributed by atoms with E-state index in [-0.39, 0.29) is 12.0 Å². The van der Waals surface area contributed by atoms with Crippen molar-refractivity contribution in [3.05, 3.63) is 22.8 Å². The Kier molecular flexibility index (Phi) is 4.27. The van der Waals surface area contributed by atoms with Gasteiger partial charge in [-0.25, -0.2) is 4.98 Å². The van der Waals surface area contributed by atoms with Gasteiger partial charge in [-0.3, -0.25) is 4.79 Å². The standard InChI is InChI=1S/C13H18ClN3O2/c1-15-12-11(14)5-9(6-16-12)13(19)17(2)7-8-3-10(18)4-8/h5-6,8,10,18H,3-4,7H2,1-2H3,(H,15,16). The zero-order valence-electron chi connectivity index (χ0n) is 11.1. The van der Waals surface area contributed by atoms with Crippen molar-refractivity contribution >= 4 is 23.3 Å². The number of nitrogens with one attached hydrogen (secondary N) is 1. The smallest absolute Gasteiger partial charge is 0.255 e. The van der Waals surface area contributed by atoms with E-state index in [9.17, 15) is 9.90 Å². The number of aliphatic hydroxyl groups is 1. The van der Waals surface area contributed by atoms with E-state index in [0.717, 1.165) is 12.8 Å². The van der Waals surface area contributed by atoms with Crippen molar-refractivity contribution in [1.82, 2.24) is 9.88 Å². The van der Waals surface area contributed by atoms with Gasteiger partial charge in [0.2, 0.25) is 0 Å². The maximum absolute atomic E-state index is 12.2. The third kappa shape index (κ3) is 3.16. The molecule has 0 radical (unpaired) electrons. The molecule has 2 rings (SSSR count).